The van der Waals surface area contributed by atoms with Gasteiger partial charge in [0.05, 0.1) is 30.3 Å². The molecule has 1 saturated carbocycles. The molecule has 4 aromatic rings. The summed E-state index contributed by atoms with van der Waals surface area (Å²) in [7, 11) is 1.44. The van der Waals surface area contributed by atoms with Gasteiger partial charge in [-0.15, -0.1) is 5.10 Å². The molecule has 1 fully saturated rings. The average molecular weight is 595 g/mol. The van der Waals surface area contributed by atoms with Crippen LogP contribution in [-0.2, 0) is 37.2 Å². The fourth-order valence-electron chi connectivity index (χ4n) is 4.74. The van der Waals surface area contributed by atoms with E-state index in [4.69, 9.17) is 4.74 Å². The molecule has 0 bridgehead atoms. The van der Waals surface area contributed by atoms with Crippen molar-refractivity contribution in [3.05, 3.63) is 70.4 Å². The first-order valence-electron chi connectivity index (χ1n) is 12.9. The smallest absolute Gasteiger partial charge is 0.416 e. The molecule has 2 aromatic heterocycles. The van der Waals surface area contributed by atoms with Gasteiger partial charge in [-0.3, -0.25) is 9.36 Å². The van der Waals surface area contributed by atoms with Crippen molar-refractivity contribution in [3.63, 3.8) is 0 Å². The fourth-order valence-corrected chi connectivity index (χ4v) is 4.74. The van der Waals surface area contributed by atoms with Crippen molar-refractivity contribution in [3.8, 4) is 0 Å². The summed E-state index contributed by atoms with van der Waals surface area (Å²) in [5.74, 6) is -1.52. The van der Waals surface area contributed by atoms with E-state index in [0.717, 1.165) is 4.80 Å². The Hall–Kier alpha value is -4.43. The zero-order valence-corrected chi connectivity index (χ0v) is 22.3. The number of rotatable bonds is 8. The summed E-state index contributed by atoms with van der Waals surface area (Å²) in [6.07, 6.45) is -8.79. The van der Waals surface area contributed by atoms with Crippen molar-refractivity contribution in [2.75, 3.05) is 11.5 Å². The lowest BCUT2D eigenvalue weighted by atomic mass is 10.0. The number of carbonyl (C=O) groups excluding carboxylic acids is 2. The second-order valence-corrected chi connectivity index (χ2v) is 9.86. The lowest BCUT2D eigenvalue weighted by molar-refractivity contribution is -0.143. The molecule has 5 rings (SSSR count). The van der Waals surface area contributed by atoms with Gasteiger partial charge in [-0.05, 0) is 54.8 Å². The van der Waals surface area contributed by atoms with Gasteiger partial charge in [0, 0.05) is 30.0 Å². The topological polar surface area (TPSA) is 95.1 Å². The van der Waals surface area contributed by atoms with Gasteiger partial charge in [0.25, 0.3) is 5.95 Å². The molecular formula is C27H24F6N6O3. The number of alkyl halides is 6. The minimum Gasteiger partial charge on any atom is -0.461 e. The van der Waals surface area contributed by atoms with Crippen molar-refractivity contribution in [1.29, 1.82) is 0 Å². The van der Waals surface area contributed by atoms with Crippen molar-refractivity contribution < 1.29 is 40.7 Å². The Morgan fingerprint density at radius 3 is 2.19 bits per heavy atom. The molecule has 1 aliphatic carbocycles. The number of para-hydroxylation sites is 1. The van der Waals surface area contributed by atoms with E-state index in [1.165, 1.54) is 16.5 Å². The van der Waals surface area contributed by atoms with Crippen LogP contribution in [0.2, 0.25) is 0 Å². The molecule has 0 N–H and O–H groups in total. The van der Waals surface area contributed by atoms with Crippen LogP contribution >= 0.6 is 0 Å². The average Bonchev–Trinajstić information content (AvgIpc) is 3.60. The van der Waals surface area contributed by atoms with E-state index < -0.39 is 36.0 Å². The Morgan fingerprint density at radius 2 is 1.64 bits per heavy atom. The maximum absolute atomic E-state index is 13.6. The van der Waals surface area contributed by atoms with E-state index in [9.17, 15) is 35.9 Å². The Morgan fingerprint density at radius 1 is 1.00 bits per heavy atom. The first-order chi connectivity index (χ1) is 19.8. The minimum absolute atomic E-state index is 0.00268. The summed E-state index contributed by atoms with van der Waals surface area (Å²) in [6, 6.07) is 7.95. The van der Waals surface area contributed by atoms with Crippen molar-refractivity contribution in [1.82, 2.24) is 24.8 Å². The number of benzene rings is 2. The van der Waals surface area contributed by atoms with E-state index in [1.807, 2.05) is 0 Å². The number of esters is 1. The molecule has 0 unspecified atom stereocenters. The quantitative estimate of drug-likeness (QED) is 0.193. The predicted molar refractivity (Wildman–Crippen MR) is 136 cm³/mol. The number of aromatic nitrogens is 5. The molecular weight excluding hydrogens is 570 g/mol. The Bertz CT molecular complexity index is 1620. The van der Waals surface area contributed by atoms with Crippen LogP contribution < -0.4 is 4.90 Å². The normalized spacial score (nSPS) is 13.9. The van der Waals surface area contributed by atoms with Crippen LogP contribution in [0.4, 0.5) is 32.3 Å². The van der Waals surface area contributed by atoms with E-state index in [0.29, 0.717) is 35.9 Å². The zero-order chi connectivity index (χ0) is 30.4. The highest BCUT2D eigenvalue weighted by Gasteiger charge is 2.38. The minimum atomic E-state index is -5.04. The third kappa shape index (κ3) is 5.81. The van der Waals surface area contributed by atoms with Gasteiger partial charge in [-0.25, -0.2) is 4.79 Å². The number of anilines is 1. The number of tetrazole rings is 1. The third-order valence-electron chi connectivity index (χ3n) is 6.75. The number of hydrogen-bond donors (Lipinski definition) is 0. The van der Waals surface area contributed by atoms with Crippen LogP contribution in [0.25, 0.3) is 10.9 Å². The van der Waals surface area contributed by atoms with Crippen molar-refractivity contribution in [2.24, 2.45) is 13.0 Å². The van der Waals surface area contributed by atoms with E-state index in [2.05, 4.69) is 15.4 Å². The van der Waals surface area contributed by atoms with Gasteiger partial charge in [-0.1, -0.05) is 23.3 Å². The molecule has 2 aromatic carbocycles. The van der Waals surface area contributed by atoms with Crippen molar-refractivity contribution in [2.45, 2.75) is 45.2 Å². The largest absolute Gasteiger partial charge is 0.461 e. The maximum atomic E-state index is 13.6. The third-order valence-corrected chi connectivity index (χ3v) is 6.75. The Balaban J connectivity index is 1.66. The zero-order valence-electron chi connectivity index (χ0n) is 22.3. The number of carbonyl (C=O) groups is 2. The fraction of sp³-hybridized carbons (Fsp3) is 0.370. The molecule has 0 atom stereocenters. The molecule has 2 heterocycles. The van der Waals surface area contributed by atoms with Crippen LogP contribution in [-0.4, -0.2) is 43.3 Å². The van der Waals surface area contributed by atoms with Gasteiger partial charge in [0.1, 0.15) is 5.69 Å². The second-order valence-electron chi connectivity index (χ2n) is 9.86. The lowest BCUT2D eigenvalue weighted by Crippen LogP contribution is -2.27. The summed E-state index contributed by atoms with van der Waals surface area (Å²) in [6.45, 7) is 0.798. The number of halogens is 6. The first-order valence-corrected chi connectivity index (χ1v) is 12.9. The highest BCUT2D eigenvalue weighted by Crippen LogP contribution is 2.38. The summed E-state index contributed by atoms with van der Waals surface area (Å²) < 4.78 is 88.0. The summed E-state index contributed by atoms with van der Waals surface area (Å²) in [5, 5.41) is 12.2. The lowest BCUT2D eigenvalue weighted by Gasteiger charge is -2.23. The predicted octanol–water partition coefficient (Wildman–Crippen LogP) is 5.64. The molecule has 9 nitrogen and oxygen atoms in total. The van der Waals surface area contributed by atoms with Crippen LogP contribution in [0, 0.1) is 5.92 Å². The standard InChI is InChI=1S/C27H24F6N6O3/c1-3-42-24(41)22-20(19-6-4-5-7-21(19)39(22)23(40)16-8-9-16)14-38(25-34-36-37(2)35-25)13-15-10-17(26(28,29)30)12-18(11-15)27(31,32)33/h4-7,10-12,16H,3,8-9,13-14H2,1-2H3. The van der Waals surface area contributed by atoms with E-state index in [1.54, 1.807) is 31.2 Å². The van der Waals surface area contributed by atoms with Crippen LogP contribution in [0.1, 0.15) is 57.3 Å². The molecule has 0 amide bonds. The Kier molecular flexibility index (Phi) is 7.45. The first kappa shape index (κ1) is 29.1. The summed E-state index contributed by atoms with van der Waals surface area (Å²) in [5.41, 5.74) is -2.67. The molecule has 0 saturated heterocycles. The number of fused-ring (bicyclic) bond motifs is 1. The SMILES string of the molecule is CCOC(=O)c1c(CN(Cc2cc(C(F)(F)F)cc(C(F)(F)F)c2)c2nnn(C)n2)c2ccccc2n1C(=O)C1CC1. The van der Waals surface area contributed by atoms with Crippen molar-refractivity contribution >= 4 is 28.7 Å². The Labute approximate surface area is 234 Å². The molecule has 0 radical (unpaired) electrons. The van der Waals surface area contributed by atoms with Gasteiger partial charge in [0.15, 0.2) is 0 Å². The van der Waals surface area contributed by atoms with Crippen LogP contribution in [0.3, 0.4) is 0 Å². The number of aryl methyl sites for hydroxylation is 1. The second kappa shape index (κ2) is 10.8. The van der Waals surface area contributed by atoms with Gasteiger partial charge >= 0.3 is 18.3 Å². The number of nitrogens with zero attached hydrogens (tertiary/aromatic N) is 6. The molecule has 0 aliphatic heterocycles. The molecule has 0 spiro atoms. The van der Waals surface area contributed by atoms with E-state index >= 15 is 0 Å². The number of hydrogen-bond acceptors (Lipinski definition) is 7. The number of ether oxygens (including phenoxy) is 1. The summed E-state index contributed by atoms with van der Waals surface area (Å²) in [4.78, 5) is 29.0. The van der Waals surface area contributed by atoms with Gasteiger partial charge < -0.3 is 9.64 Å². The molecule has 1 aliphatic rings. The van der Waals surface area contributed by atoms with E-state index in [-0.39, 0.29) is 53.8 Å². The maximum Gasteiger partial charge on any atom is 0.416 e. The highest BCUT2D eigenvalue weighted by atomic mass is 19.4. The highest BCUT2D eigenvalue weighted by molar-refractivity contribution is 6.06. The van der Waals surface area contributed by atoms with Gasteiger partial charge in [0.2, 0.25) is 5.91 Å². The monoisotopic (exact) mass is 594 g/mol. The molecule has 15 heteroatoms. The van der Waals surface area contributed by atoms with Crippen LogP contribution in [0.15, 0.2) is 42.5 Å². The summed E-state index contributed by atoms with van der Waals surface area (Å²) >= 11 is 0. The van der Waals surface area contributed by atoms with Gasteiger partial charge in [-0.2, -0.15) is 31.1 Å². The molecule has 222 valence electrons. The van der Waals surface area contributed by atoms with Crippen LogP contribution in [0.5, 0.6) is 0 Å². The molecule has 42 heavy (non-hydrogen) atoms.